The third kappa shape index (κ3) is 3.89. The molecule has 1 amide bonds. The number of anilines is 1. The van der Waals surface area contributed by atoms with Gasteiger partial charge in [-0.05, 0) is 37.8 Å². The van der Waals surface area contributed by atoms with Gasteiger partial charge < -0.3 is 5.32 Å². The number of alkyl halides is 1. The second-order valence-corrected chi connectivity index (χ2v) is 9.33. The summed E-state index contributed by atoms with van der Waals surface area (Å²) in [6.45, 7) is 2.73. The fourth-order valence-electron chi connectivity index (χ4n) is 5.68. The Morgan fingerprint density at radius 3 is 2.73 bits per heavy atom. The Hall–Kier alpha value is -2.91. The van der Waals surface area contributed by atoms with E-state index in [0.29, 0.717) is 37.5 Å². The summed E-state index contributed by atoms with van der Waals surface area (Å²) in [6, 6.07) is 6.93. The summed E-state index contributed by atoms with van der Waals surface area (Å²) in [4.78, 5) is 26.4. The minimum atomic E-state index is -0.349. The predicted octanol–water partition coefficient (Wildman–Crippen LogP) is 2.84. The Morgan fingerprint density at radius 1 is 1.12 bits per heavy atom. The molecule has 3 aliphatic rings. The summed E-state index contributed by atoms with van der Waals surface area (Å²) < 4.78 is 14.8. The molecule has 0 radical (unpaired) electrons. The summed E-state index contributed by atoms with van der Waals surface area (Å²) >= 11 is 0. The molecule has 0 spiro atoms. The van der Waals surface area contributed by atoms with E-state index in [0.717, 1.165) is 40.9 Å². The first-order chi connectivity index (χ1) is 16.2. The van der Waals surface area contributed by atoms with E-state index in [1.165, 1.54) is 25.7 Å². The van der Waals surface area contributed by atoms with Gasteiger partial charge in [-0.1, -0.05) is 0 Å². The zero-order valence-electron chi connectivity index (χ0n) is 18.6. The lowest BCUT2D eigenvalue weighted by Crippen LogP contribution is -2.36. The first kappa shape index (κ1) is 20.7. The van der Waals surface area contributed by atoms with Crippen LogP contribution in [-0.2, 0) is 17.9 Å². The number of rotatable bonds is 6. The van der Waals surface area contributed by atoms with Crippen LogP contribution in [0, 0.1) is 0 Å². The number of halogens is 1. The Balaban J connectivity index is 1.22. The molecule has 33 heavy (non-hydrogen) atoms. The highest BCUT2D eigenvalue weighted by Crippen LogP contribution is 2.37. The van der Waals surface area contributed by atoms with E-state index in [2.05, 4.69) is 25.2 Å². The molecule has 3 aromatic rings. The van der Waals surface area contributed by atoms with E-state index in [4.69, 9.17) is 4.98 Å². The number of nitrogens with one attached hydrogen (secondary N) is 1. The van der Waals surface area contributed by atoms with Gasteiger partial charge in [0.15, 0.2) is 0 Å². The number of carbonyl (C=O) groups is 1. The van der Waals surface area contributed by atoms with Crippen LogP contribution in [0.3, 0.4) is 0 Å². The minimum absolute atomic E-state index is 0.0181. The second kappa shape index (κ2) is 8.46. The molecule has 6 rings (SSSR count). The van der Waals surface area contributed by atoms with Gasteiger partial charge in [0.2, 0.25) is 5.91 Å². The van der Waals surface area contributed by atoms with Crippen LogP contribution in [0.25, 0.3) is 22.2 Å². The lowest BCUT2D eigenvalue weighted by molar-refractivity contribution is -0.117. The Bertz CT molecular complexity index is 1170. The fraction of sp³-hybridized carbons (Fsp3) is 0.500. The number of amides is 1. The number of carbonyl (C=O) groups excluding carboxylic acids is 1. The first-order valence-electron chi connectivity index (χ1n) is 11.8. The molecule has 2 saturated heterocycles. The Morgan fingerprint density at radius 2 is 1.94 bits per heavy atom. The molecule has 1 N–H and O–H groups in total. The van der Waals surface area contributed by atoms with Gasteiger partial charge in [-0.2, -0.15) is 5.10 Å². The topological polar surface area (TPSA) is 79.2 Å². The summed E-state index contributed by atoms with van der Waals surface area (Å²) in [5, 5.41) is 8.39. The van der Waals surface area contributed by atoms with E-state index in [1.54, 1.807) is 6.20 Å². The van der Waals surface area contributed by atoms with Crippen LogP contribution in [0.1, 0.15) is 31.4 Å². The number of hydrogen-bond acceptors (Lipinski definition) is 6. The van der Waals surface area contributed by atoms with E-state index in [1.807, 2.05) is 29.1 Å². The van der Waals surface area contributed by atoms with Gasteiger partial charge in [-0.15, -0.1) is 0 Å². The molecule has 6 heterocycles. The molecule has 8 nitrogen and oxygen atoms in total. The largest absolute Gasteiger partial charge is 0.310 e. The number of pyridine rings is 2. The highest BCUT2D eigenvalue weighted by molar-refractivity contribution is 5.93. The van der Waals surface area contributed by atoms with Crippen LogP contribution in [0.2, 0.25) is 0 Å². The average molecular weight is 450 g/mol. The summed E-state index contributed by atoms with van der Waals surface area (Å²) in [7, 11) is 0. The molecule has 3 aromatic heterocycles. The van der Waals surface area contributed by atoms with Crippen LogP contribution in [-0.4, -0.2) is 73.8 Å². The SMILES string of the molecule is O=C(CN1C2CCC1CC2)Nc1cc2nc(-c3cnn4c3CN(CCF)CC4)ccc2cn1. The van der Waals surface area contributed by atoms with Gasteiger partial charge >= 0.3 is 0 Å². The van der Waals surface area contributed by atoms with Gasteiger partial charge in [0.25, 0.3) is 0 Å². The van der Waals surface area contributed by atoms with Crippen molar-refractivity contribution in [3.05, 3.63) is 36.3 Å². The van der Waals surface area contributed by atoms with Crippen LogP contribution in [0.4, 0.5) is 10.2 Å². The normalized spacial score (nSPS) is 22.7. The zero-order chi connectivity index (χ0) is 22.4. The van der Waals surface area contributed by atoms with Crippen LogP contribution < -0.4 is 5.32 Å². The van der Waals surface area contributed by atoms with Crippen molar-refractivity contribution >= 4 is 22.6 Å². The zero-order valence-corrected chi connectivity index (χ0v) is 18.6. The number of hydrogen-bond donors (Lipinski definition) is 1. The van der Waals surface area contributed by atoms with Gasteiger partial charge in [-0.25, -0.2) is 14.4 Å². The lowest BCUT2D eigenvalue weighted by atomic mass is 10.0. The van der Waals surface area contributed by atoms with Crippen molar-refractivity contribution in [3.63, 3.8) is 0 Å². The van der Waals surface area contributed by atoms with Crippen molar-refractivity contribution in [1.29, 1.82) is 0 Å². The molecule has 0 unspecified atom stereocenters. The summed E-state index contributed by atoms with van der Waals surface area (Å²) in [5.41, 5.74) is 3.62. The van der Waals surface area contributed by atoms with Gasteiger partial charge in [0.05, 0.1) is 36.2 Å². The Labute approximate surface area is 191 Å². The van der Waals surface area contributed by atoms with Crippen molar-refractivity contribution < 1.29 is 9.18 Å². The van der Waals surface area contributed by atoms with Gasteiger partial charge in [0, 0.05) is 54.9 Å². The first-order valence-corrected chi connectivity index (χ1v) is 11.8. The third-order valence-electron chi connectivity index (χ3n) is 7.40. The van der Waals surface area contributed by atoms with Crippen molar-refractivity contribution in [3.8, 4) is 11.3 Å². The summed E-state index contributed by atoms with van der Waals surface area (Å²) in [6.07, 6.45) is 8.44. The molecule has 3 aliphatic heterocycles. The molecule has 2 bridgehead atoms. The third-order valence-corrected chi connectivity index (χ3v) is 7.40. The van der Waals surface area contributed by atoms with Gasteiger partial charge in [-0.3, -0.25) is 19.3 Å². The second-order valence-electron chi connectivity index (χ2n) is 9.33. The van der Waals surface area contributed by atoms with Crippen LogP contribution in [0.15, 0.2) is 30.6 Å². The van der Waals surface area contributed by atoms with Crippen molar-refractivity contribution in [2.45, 2.75) is 50.9 Å². The van der Waals surface area contributed by atoms with Crippen molar-refractivity contribution in [1.82, 2.24) is 29.5 Å². The highest BCUT2D eigenvalue weighted by atomic mass is 19.1. The smallest absolute Gasteiger partial charge is 0.239 e. The quantitative estimate of drug-likeness (QED) is 0.624. The number of fused-ring (bicyclic) bond motifs is 4. The molecule has 9 heteroatoms. The van der Waals surface area contributed by atoms with E-state index >= 15 is 0 Å². The van der Waals surface area contributed by atoms with E-state index in [9.17, 15) is 9.18 Å². The summed E-state index contributed by atoms with van der Waals surface area (Å²) in [5.74, 6) is 0.505. The van der Waals surface area contributed by atoms with E-state index in [-0.39, 0.29) is 12.6 Å². The fourth-order valence-corrected chi connectivity index (χ4v) is 5.68. The maximum atomic E-state index is 12.8. The van der Waals surface area contributed by atoms with Crippen LogP contribution in [0.5, 0.6) is 0 Å². The number of aromatic nitrogens is 4. The Kier molecular flexibility index (Phi) is 5.30. The maximum absolute atomic E-state index is 12.8. The van der Waals surface area contributed by atoms with Gasteiger partial charge in [0.1, 0.15) is 12.5 Å². The molecular weight excluding hydrogens is 421 g/mol. The lowest BCUT2D eigenvalue weighted by Gasteiger charge is -2.27. The van der Waals surface area contributed by atoms with Crippen molar-refractivity contribution in [2.75, 3.05) is 31.6 Å². The van der Waals surface area contributed by atoms with Crippen LogP contribution >= 0.6 is 0 Å². The molecule has 0 saturated carbocycles. The monoisotopic (exact) mass is 449 g/mol. The molecule has 0 aromatic carbocycles. The molecule has 172 valence electrons. The molecular formula is C24H28FN7O. The standard InChI is InChI=1S/C24H28FN7O/c25-7-8-30-9-10-32-22(14-30)19(13-27-32)20-6-1-16-12-26-23(11-21(16)28-20)29-24(33)15-31-17-2-3-18(31)5-4-17/h1,6,11-13,17-18H,2-5,7-10,14-15H2,(H,26,29,33). The molecule has 0 atom stereocenters. The number of nitrogens with zero attached hydrogens (tertiary/aromatic N) is 6. The van der Waals surface area contributed by atoms with E-state index < -0.39 is 0 Å². The average Bonchev–Trinajstić information content (AvgIpc) is 3.53. The molecule has 0 aliphatic carbocycles. The molecule has 2 fully saturated rings. The predicted molar refractivity (Wildman–Crippen MR) is 123 cm³/mol. The maximum Gasteiger partial charge on any atom is 0.239 e. The minimum Gasteiger partial charge on any atom is -0.310 e. The van der Waals surface area contributed by atoms with Crippen molar-refractivity contribution in [2.24, 2.45) is 0 Å². The highest BCUT2D eigenvalue weighted by Gasteiger charge is 2.39.